The number of rotatable bonds is 5. The largest absolute Gasteiger partial charge is 0.459 e. The van der Waals surface area contributed by atoms with Crippen LogP contribution in [0.1, 0.15) is 37.9 Å². The van der Waals surface area contributed by atoms with E-state index < -0.39 is 23.6 Å². The molecule has 0 aliphatic heterocycles. The zero-order valence-corrected chi connectivity index (χ0v) is 12.6. The number of carbonyl (C=O) groups is 2. The summed E-state index contributed by atoms with van der Waals surface area (Å²) in [4.78, 5) is 22.8. The van der Waals surface area contributed by atoms with Crippen LogP contribution in [0.3, 0.4) is 0 Å². The molecule has 5 heteroatoms. The SMILES string of the molecule is C=CC(=O)OCc1ccc(C(N)C(=O)OC(C)(C)C)cc1. The smallest absolute Gasteiger partial charge is 0.330 e. The Morgan fingerprint density at radius 1 is 1.29 bits per heavy atom. The maximum atomic E-state index is 11.9. The number of hydrogen-bond donors (Lipinski definition) is 1. The van der Waals surface area contributed by atoms with Crippen molar-refractivity contribution in [1.82, 2.24) is 0 Å². The highest BCUT2D eigenvalue weighted by Gasteiger charge is 2.23. The van der Waals surface area contributed by atoms with Gasteiger partial charge in [0.1, 0.15) is 18.2 Å². The summed E-state index contributed by atoms with van der Waals surface area (Å²) in [5.74, 6) is -0.960. The van der Waals surface area contributed by atoms with Gasteiger partial charge in [0.25, 0.3) is 0 Å². The minimum Gasteiger partial charge on any atom is -0.459 e. The molecule has 1 aromatic carbocycles. The monoisotopic (exact) mass is 291 g/mol. The van der Waals surface area contributed by atoms with E-state index in [1.807, 2.05) is 0 Å². The molecule has 0 amide bonds. The molecule has 0 heterocycles. The third-order valence-corrected chi connectivity index (χ3v) is 2.55. The van der Waals surface area contributed by atoms with E-state index in [0.29, 0.717) is 5.56 Å². The molecule has 114 valence electrons. The van der Waals surface area contributed by atoms with Crippen molar-refractivity contribution in [3.8, 4) is 0 Å². The van der Waals surface area contributed by atoms with E-state index in [2.05, 4.69) is 6.58 Å². The Bertz CT molecular complexity index is 514. The second-order valence-corrected chi connectivity index (χ2v) is 5.56. The van der Waals surface area contributed by atoms with Crippen LogP contribution in [0.2, 0.25) is 0 Å². The topological polar surface area (TPSA) is 78.6 Å². The highest BCUT2D eigenvalue weighted by molar-refractivity contribution is 5.81. The normalized spacial score (nSPS) is 12.4. The lowest BCUT2D eigenvalue weighted by molar-refractivity contribution is -0.156. The molecule has 0 bridgehead atoms. The minimum absolute atomic E-state index is 0.146. The highest BCUT2D eigenvalue weighted by Crippen LogP contribution is 2.17. The third-order valence-electron chi connectivity index (χ3n) is 2.55. The van der Waals surface area contributed by atoms with Gasteiger partial charge in [0.15, 0.2) is 0 Å². The van der Waals surface area contributed by atoms with Crippen molar-refractivity contribution >= 4 is 11.9 Å². The summed E-state index contributed by atoms with van der Waals surface area (Å²) in [7, 11) is 0. The van der Waals surface area contributed by atoms with Gasteiger partial charge >= 0.3 is 11.9 Å². The number of carbonyl (C=O) groups excluding carboxylic acids is 2. The number of benzene rings is 1. The van der Waals surface area contributed by atoms with Crippen LogP contribution in [-0.2, 0) is 25.7 Å². The van der Waals surface area contributed by atoms with Crippen LogP contribution in [0.25, 0.3) is 0 Å². The molecule has 0 spiro atoms. The van der Waals surface area contributed by atoms with E-state index >= 15 is 0 Å². The maximum absolute atomic E-state index is 11.9. The summed E-state index contributed by atoms with van der Waals surface area (Å²) in [5.41, 5.74) is 6.73. The van der Waals surface area contributed by atoms with Crippen LogP contribution >= 0.6 is 0 Å². The van der Waals surface area contributed by atoms with Crippen LogP contribution in [-0.4, -0.2) is 17.5 Å². The average Bonchev–Trinajstić information content (AvgIpc) is 2.42. The Morgan fingerprint density at radius 3 is 2.33 bits per heavy atom. The van der Waals surface area contributed by atoms with Crippen molar-refractivity contribution in [2.45, 2.75) is 39.0 Å². The van der Waals surface area contributed by atoms with E-state index in [-0.39, 0.29) is 6.61 Å². The molecular formula is C16H21NO4. The Morgan fingerprint density at radius 2 is 1.86 bits per heavy atom. The third kappa shape index (κ3) is 5.79. The maximum Gasteiger partial charge on any atom is 0.330 e. The van der Waals surface area contributed by atoms with Crippen LogP contribution in [0.4, 0.5) is 0 Å². The Kier molecular flexibility index (Phi) is 5.67. The molecule has 0 aromatic heterocycles. The summed E-state index contributed by atoms with van der Waals surface area (Å²) in [5, 5.41) is 0. The highest BCUT2D eigenvalue weighted by atomic mass is 16.6. The predicted molar refractivity (Wildman–Crippen MR) is 79.2 cm³/mol. The van der Waals surface area contributed by atoms with Gasteiger partial charge in [-0.15, -0.1) is 0 Å². The van der Waals surface area contributed by atoms with Crippen molar-refractivity contribution in [3.05, 3.63) is 48.0 Å². The van der Waals surface area contributed by atoms with E-state index in [1.54, 1.807) is 45.0 Å². The molecule has 0 radical (unpaired) electrons. The van der Waals surface area contributed by atoms with E-state index in [4.69, 9.17) is 15.2 Å². The fraction of sp³-hybridized carbons (Fsp3) is 0.375. The average molecular weight is 291 g/mol. The van der Waals surface area contributed by atoms with Gasteiger partial charge in [0, 0.05) is 6.08 Å². The predicted octanol–water partition coefficient (Wildman–Crippen LogP) is 2.26. The summed E-state index contributed by atoms with van der Waals surface area (Å²) < 4.78 is 10.1. The zero-order valence-electron chi connectivity index (χ0n) is 12.6. The van der Waals surface area contributed by atoms with Gasteiger partial charge in [0.05, 0.1) is 0 Å². The van der Waals surface area contributed by atoms with Gasteiger partial charge in [-0.25, -0.2) is 9.59 Å². The van der Waals surface area contributed by atoms with Gasteiger partial charge in [0.2, 0.25) is 0 Å². The Balaban J connectivity index is 2.66. The van der Waals surface area contributed by atoms with Gasteiger partial charge in [-0.2, -0.15) is 0 Å². The molecule has 2 N–H and O–H groups in total. The van der Waals surface area contributed by atoms with Crippen molar-refractivity contribution in [3.63, 3.8) is 0 Å². The fourth-order valence-electron chi connectivity index (χ4n) is 1.54. The molecule has 1 aromatic rings. The molecule has 1 unspecified atom stereocenters. The second kappa shape index (κ2) is 7.04. The first-order chi connectivity index (χ1) is 9.73. The lowest BCUT2D eigenvalue weighted by Gasteiger charge is -2.22. The van der Waals surface area contributed by atoms with Gasteiger partial charge in [-0.1, -0.05) is 30.8 Å². The van der Waals surface area contributed by atoms with Gasteiger partial charge in [-0.3, -0.25) is 0 Å². The van der Waals surface area contributed by atoms with Crippen LogP contribution in [0.15, 0.2) is 36.9 Å². The molecule has 0 aliphatic carbocycles. The molecule has 21 heavy (non-hydrogen) atoms. The first-order valence-electron chi connectivity index (χ1n) is 6.59. The molecular weight excluding hydrogens is 270 g/mol. The number of ether oxygens (including phenoxy) is 2. The molecule has 0 saturated heterocycles. The number of nitrogens with two attached hydrogens (primary N) is 1. The molecule has 0 aliphatic rings. The Hall–Kier alpha value is -2.14. The van der Waals surface area contributed by atoms with Gasteiger partial charge in [-0.05, 0) is 31.9 Å². The van der Waals surface area contributed by atoms with E-state index in [9.17, 15) is 9.59 Å². The quantitative estimate of drug-likeness (QED) is 0.665. The van der Waals surface area contributed by atoms with Gasteiger partial charge < -0.3 is 15.2 Å². The Labute approximate surface area is 124 Å². The molecule has 0 saturated carbocycles. The fourth-order valence-corrected chi connectivity index (χ4v) is 1.54. The van der Waals surface area contributed by atoms with E-state index in [1.165, 1.54) is 0 Å². The van der Waals surface area contributed by atoms with Crippen LogP contribution in [0.5, 0.6) is 0 Å². The number of esters is 2. The van der Waals surface area contributed by atoms with Crippen LogP contribution < -0.4 is 5.73 Å². The minimum atomic E-state index is -0.839. The standard InChI is InChI=1S/C16H21NO4/c1-5-13(18)20-10-11-6-8-12(9-7-11)14(17)15(19)21-16(2,3)4/h5-9,14H,1,10,17H2,2-4H3. The summed E-state index contributed by atoms with van der Waals surface area (Å²) in [6, 6.07) is 6.08. The second-order valence-electron chi connectivity index (χ2n) is 5.56. The first-order valence-corrected chi connectivity index (χ1v) is 6.59. The summed E-state index contributed by atoms with van der Waals surface area (Å²) in [6.45, 7) is 8.82. The molecule has 0 fully saturated rings. The molecule has 1 atom stereocenters. The molecule has 5 nitrogen and oxygen atoms in total. The van der Waals surface area contributed by atoms with Crippen molar-refractivity contribution in [1.29, 1.82) is 0 Å². The van der Waals surface area contributed by atoms with Crippen LogP contribution in [0, 0.1) is 0 Å². The van der Waals surface area contributed by atoms with Crippen molar-refractivity contribution in [2.75, 3.05) is 0 Å². The number of hydrogen-bond acceptors (Lipinski definition) is 5. The molecule has 1 rings (SSSR count). The summed E-state index contributed by atoms with van der Waals surface area (Å²) in [6.07, 6.45) is 1.10. The first kappa shape index (κ1) is 16.9. The summed E-state index contributed by atoms with van der Waals surface area (Å²) >= 11 is 0. The zero-order chi connectivity index (χ0) is 16.0. The van der Waals surface area contributed by atoms with E-state index in [0.717, 1.165) is 11.6 Å². The van der Waals surface area contributed by atoms with Crippen molar-refractivity contribution in [2.24, 2.45) is 5.73 Å². The van der Waals surface area contributed by atoms with Crippen molar-refractivity contribution < 1.29 is 19.1 Å². The lowest BCUT2D eigenvalue weighted by atomic mass is 10.1. The lowest BCUT2D eigenvalue weighted by Crippen LogP contribution is -2.31.